The van der Waals surface area contributed by atoms with Gasteiger partial charge in [0.25, 0.3) is 5.91 Å². The first-order valence-electron chi connectivity index (χ1n) is 10.5. The lowest BCUT2D eigenvalue weighted by Gasteiger charge is -2.23. The molecule has 0 saturated carbocycles. The lowest BCUT2D eigenvalue weighted by molar-refractivity contribution is -0.133. The summed E-state index contributed by atoms with van der Waals surface area (Å²) in [7, 11) is 0. The maximum Gasteiger partial charge on any atom is 0.325 e. The van der Waals surface area contributed by atoms with Gasteiger partial charge >= 0.3 is 6.03 Å². The molecule has 0 unspecified atom stereocenters. The number of benzene rings is 2. The van der Waals surface area contributed by atoms with Gasteiger partial charge < -0.3 is 25.4 Å². The van der Waals surface area contributed by atoms with Crippen LogP contribution < -0.4 is 25.4 Å². The molecule has 10 nitrogen and oxygen atoms in total. The Morgan fingerprint density at radius 2 is 1.64 bits per heavy atom. The summed E-state index contributed by atoms with van der Waals surface area (Å²) in [6.07, 6.45) is 0.746. The number of nitrogens with zero attached hydrogens (tertiary/aromatic N) is 1. The Labute approximate surface area is 190 Å². The van der Waals surface area contributed by atoms with Crippen molar-refractivity contribution in [3.8, 4) is 11.5 Å². The smallest absolute Gasteiger partial charge is 0.325 e. The van der Waals surface area contributed by atoms with Crippen molar-refractivity contribution < 1.29 is 28.7 Å². The summed E-state index contributed by atoms with van der Waals surface area (Å²) in [4.78, 5) is 50.2. The van der Waals surface area contributed by atoms with E-state index in [-0.39, 0.29) is 5.91 Å². The molecule has 1 fully saturated rings. The van der Waals surface area contributed by atoms with Crippen molar-refractivity contribution in [2.75, 3.05) is 30.4 Å². The number of urea groups is 1. The molecule has 2 aliphatic rings. The van der Waals surface area contributed by atoms with Crippen LogP contribution in [0.5, 0.6) is 11.5 Å². The Hall–Kier alpha value is -4.08. The minimum Gasteiger partial charge on any atom is -0.490 e. The highest BCUT2D eigenvalue weighted by Gasteiger charge is 2.49. The number of imide groups is 1. The molecule has 172 valence electrons. The van der Waals surface area contributed by atoms with E-state index in [0.29, 0.717) is 41.7 Å². The van der Waals surface area contributed by atoms with E-state index in [0.717, 1.165) is 11.3 Å². The zero-order valence-corrected chi connectivity index (χ0v) is 18.3. The molecule has 33 heavy (non-hydrogen) atoms. The molecule has 5 amide bonds. The second-order valence-electron chi connectivity index (χ2n) is 7.97. The van der Waals surface area contributed by atoms with Crippen LogP contribution in [0.25, 0.3) is 0 Å². The fourth-order valence-corrected chi connectivity index (χ4v) is 3.69. The van der Waals surface area contributed by atoms with E-state index in [1.807, 2.05) is 0 Å². The minimum atomic E-state index is -1.35. The largest absolute Gasteiger partial charge is 0.490 e. The Balaban J connectivity index is 1.45. The quantitative estimate of drug-likeness (QED) is 0.597. The van der Waals surface area contributed by atoms with Crippen LogP contribution in [0, 0.1) is 0 Å². The summed E-state index contributed by atoms with van der Waals surface area (Å²) in [5, 5.41) is 7.96. The molecule has 3 N–H and O–H groups in total. The Morgan fingerprint density at radius 1 is 1.00 bits per heavy atom. The highest BCUT2D eigenvalue weighted by molar-refractivity contribution is 6.10. The van der Waals surface area contributed by atoms with Gasteiger partial charge in [0.05, 0.1) is 13.2 Å². The van der Waals surface area contributed by atoms with Gasteiger partial charge in [-0.15, -0.1) is 0 Å². The van der Waals surface area contributed by atoms with Gasteiger partial charge in [-0.05, 0) is 48.9 Å². The van der Waals surface area contributed by atoms with E-state index in [2.05, 4.69) is 16.0 Å². The van der Waals surface area contributed by atoms with Gasteiger partial charge in [0.1, 0.15) is 12.1 Å². The van der Waals surface area contributed by atoms with Gasteiger partial charge in [-0.2, -0.15) is 0 Å². The van der Waals surface area contributed by atoms with Crippen molar-refractivity contribution in [1.29, 1.82) is 0 Å². The Bertz CT molecular complexity index is 1120. The number of carbonyl (C=O) groups is 4. The summed E-state index contributed by atoms with van der Waals surface area (Å²) in [6.45, 7) is 3.57. The third-order valence-electron chi connectivity index (χ3n) is 5.39. The first-order valence-corrected chi connectivity index (χ1v) is 10.5. The third kappa shape index (κ3) is 4.59. The molecular weight excluding hydrogens is 428 g/mol. The minimum absolute atomic E-state index is 0.207. The fraction of sp³-hybridized carbons (Fsp3) is 0.304. The molecule has 0 bridgehead atoms. The average molecular weight is 452 g/mol. The number of nitrogens with one attached hydrogen (secondary N) is 3. The van der Waals surface area contributed by atoms with Gasteiger partial charge in [0.2, 0.25) is 11.8 Å². The molecule has 0 aliphatic carbocycles. The topological polar surface area (TPSA) is 126 Å². The van der Waals surface area contributed by atoms with E-state index in [1.165, 1.54) is 6.92 Å². The van der Waals surface area contributed by atoms with Crippen molar-refractivity contribution in [2.45, 2.75) is 25.8 Å². The van der Waals surface area contributed by atoms with Crippen LogP contribution in [0.4, 0.5) is 16.2 Å². The molecule has 0 spiro atoms. The molecular formula is C23H24N4O6. The molecule has 1 atom stereocenters. The molecule has 10 heteroatoms. The molecule has 1 saturated heterocycles. The van der Waals surface area contributed by atoms with Crippen molar-refractivity contribution in [1.82, 2.24) is 10.2 Å². The lowest BCUT2D eigenvalue weighted by Crippen LogP contribution is -2.42. The first kappa shape index (κ1) is 22.1. The number of rotatable bonds is 5. The van der Waals surface area contributed by atoms with Crippen LogP contribution in [0.15, 0.2) is 42.5 Å². The SMILES string of the molecule is CC(=O)Nc1ccc(NC(=O)CN2C(=O)N[C@](C)(c3ccc4c(c3)OCCCO4)C2=O)cc1. The van der Waals surface area contributed by atoms with Crippen LogP contribution in [-0.2, 0) is 19.9 Å². The number of amides is 5. The highest BCUT2D eigenvalue weighted by Crippen LogP contribution is 2.36. The third-order valence-corrected chi connectivity index (χ3v) is 5.39. The zero-order chi connectivity index (χ0) is 23.6. The Morgan fingerprint density at radius 3 is 2.30 bits per heavy atom. The maximum atomic E-state index is 13.2. The van der Waals surface area contributed by atoms with E-state index < -0.39 is 29.9 Å². The summed E-state index contributed by atoms with van der Waals surface area (Å²) in [5.74, 6) is -0.196. The molecule has 4 rings (SSSR count). The van der Waals surface area contributed by atoms with Gasteiger partial charge in [-0.25, -0.2) is 4.79 Å². The molecule has 2 heterocycles. The first-order chi connectivity index (χ1) is 15.8. The Kier molecular flexibility index (Phi) is 5.91. The molecule has 2 aliphatic heterocycles. The van der Waals surface area contributed by atoms with Crippen molar-refractivity contribution in [3.05, 3.63) is 48.0 Å². The van der Waals surface area contributed by atoms with E-state index >= 15 is 0 Å². The van der Waals surface area contributed by atoms with Crippen LogP contribution in [0.3, 0.4) is 0 Å². The van der Waals surface area contributed by atoms with E-state index in [9.17, 15) is 19.2 Å². The molecule has 0 aromatic heterocycles. The van der Waals surface area contributed by atoms with Crippen molar-refractivity contribution >= 4 is 35.1 Å². The standard InChI is InChI=1S/C23H24N4O6/c1-14(28)24-16-5-7-17(8-6-16)25-20(29)13-27-21(30)23(2,26-22(27)31)15-4-9-18-19(12-15)33-11-3-10-32-18/h4-9,12H,3,10-11,13H2,1-2H3,(H,24,28)(H,25,29)(H,26,31)/t23-/m1/s1. The van der Waals surface area contributed by atoms with Crippen molar-refractivity contribution in [3.63, 3.8) is 0 Å². The monoisotopic (exact) mass is 452 g/mol. The van der Waals surface area contributed by atoms with Crippen LogP contribution >= 0.6 is 0 Å². The lowest BCUT2D eigenvalue weighted by atomic mass is 9.91. The van der Waals surface area contributed by atoms with Gasteiger partial charge in [-0.1, -0.05) is 6.07 Å². The average Bonchev–Trinajstić information content (AvgIpc) is 2.93. The summed E-state index contributed by atoms with van der Waals surface area (Å²) >= 11 is 0. The zero-order valence-electron chi connectivity index (χ0n) is 18.3. The van der Waals surface area contributed by atoms with Crippen molar-refractivity contribution in [2.24, 2.45) is 0 Å². The second kappa shape index (κ2) is 8.81. The summed E-state index contributed by atoms with van der Waals surface area (Å²) in [5.41, 5.74) is 0.232. The molecule has 2 aromatic rings. The van der Waals surface area contributed by atoms with Crippen LogP contribution in [0.2, 0.25) is 0 Å². The van der Waals surface area contributed by atoms with Crippen LogP contribution in [0.1, 0.15) is 25.8 Å². The maximum absolute atomic E-state index is 13.2. The normalized spacial score (nSPS) is 19.5. The van der Waals surface area contributed by atoms with Gasteiger partial charge in [-0.3, -0.25) is 19.3 Å². The number of hydrogen-bond acceptors (Lipinski definition) is 6. The van der Waals surface area contributed by atoms with Gasteiger partial charge in [0, 0.05) is 24.7 Å². The van der Waals surface area contributed by atoms with E-state index in [1.54, 1.807) is 49.4 Å². The molecule has 0 radical (unpaired) electrons. The number of ether oxygens (including phenoxy) is 2. The highest BCUT2D eigenvalue weighted by atomic mass is 16.5. The fourth-order valence-electron chi connectivity index (χ4n) is 3.69. The van der Waals surface area contributed by atoms with Crippen LogP contribution in [-0.4, -0.2) is 48.4 Å². The molecule has 2 aromatic carbocycles. The van der Waals surface area contributed by atoms with E-state index in [4.69, 9.17) is 9.47 Å². The predicted molar refractivity (Wildman–Crippen MR) is 119 cm³/mol. The number of anilines is 2. The number of carbonyl (C=O) groups excluding carboxylic acids is 4. The second-order valence-corrected chi connectivity index (χ2v) is 7.97. The predicted octanol–water partition coefficient (Wildman–Crippen LogP) is 2.21. The number of fused-ring (bicyclic) bond motifs is 1. The summed E-state index contributed by atoms with van der Waals surface area (Å²) in [6, 6.07) is 10.9. The number of hydrogen-bond donors (Lipinski definition) is 3. The van der Waals surface area contributed by atoms with Gasteiger partial charge in [0.15, 0.2) is 11.5 Å². The summed E-state index contributed by atoms with van der Waals surface area (Å²) < 4.78 is 11.3.